The third-order valence-corrected chi connectivity index (χ3v) is 3.70. The second-order valence-corrected chi connectivity index (χ2v) is 4.91. The first kappa shape index (κ1) is 12.5. The molecule has 0 amide bonds. The Morgan fingerprint density at radius 2 is 2.29 bits per heavy atom. The summed E-state index contributed by atoms with van der Waals surface area (Å²) in [5, 5.41) is 0. The van der Waals surface area contributed by atoms with E-state index in [1.54, 1.807) is 0 Å². The van der Waals surface area contributed by atoms with Crippen molar-refractivity contribution in [1.82, 2.24) is 0 Å². The molecular formula is C12H12F2O2S. The maximum atomic E-state index is 13.3. The number of Topliss-reactive ketones (excluding diaryl/α,β-unsaturated/α-hetero) is 1. The molecule has 2 rings (SSSR count). The van der Waals surface area contributed by atoms with Crippen molar-refractivity contribution >= 4 is 17.5 Å². The van der Waals surface area contributed by atoms with Crippen molar-refractivity contribution in [3.05, 3.63) is 29.8 Å². The molecule has 0 bridgehead atoms. The number of carbonyl (C=O) groups is 1. The Balaban J connectivity index is 1.92. The van der Waals surface area contributed by atoms with Gasteiger partial charge in [-0.2, -0.15) is 0 Å². The molecule has 0 radical (unpaired) electrons. The molecule has 1 atom stereocenters. The van der Waals surface area contributed by atoms with Gasteiger partial charge in [-0.15, -0.1) is 11.8 Å². The van der Waals surface area contributed by atoms with Crippen LogP contribution in [-0.4, -0.2) is 24.7 Å². The van der Waals surface area contributed by atoms with Crippen LogP contribution in [-0.2, 0) is 9.53 Å². The number of benzene rings is 1. The van der Waals surface area contributed by atoms with Crippen LogP contribution < -0.4 is 0 Å². The fraction of sp³-hybridized carbons (Fsp3) is 0.417. The lowest BCUT2D eigenvalue weighted by atomic mass is 10.1. The van der Waals surface area contributed by atoms with Crippen LogP contribution >= 0.6 is 11.8 Å². The van der Waals surface area contributed by atoms with Crippen LogP contribution in [0.25, 0.3) is 0 Å². The van der Waals surface area contributed by atoms with Crippen molar-refractivity contribution in [2.24, 2.45) is 5.92 Å². The number of thioether (sulfide) groups is 1. The van der Waals surface area contributed by atoms with Crippen molar-refractivity contribution in [3.8, 4) is 0 Å². The lowest BCUT2D eigenvalue weighted by Crippen LogP contribution is -2.16. The van der Waals surface area contributed by atoms with E-state index in [1.807, 2.05) is 0 Å². The van der Waals surface area contributed by atoms with Gasteiger partial charge in [-0.05, 0) is 24.6 Å². The molecule has 0 aliphatic carbocycles. The number of hydrogen-bond acceptors (Lipinski definition) is 3. The van der Waals surface area contributed by atoms with Crippen LogP contribution in [0, 0.1) is 17.6 Å². The van der Waals surface area contributed by atoms with Gasteiger partial charge in [-0.25, -0.2) is 8.78 Å². The molecule has 0 N–H and O–H groups in total. The van der Waals surface area contributed by atoms with E-state index in [0.29, 0.717) is 13.2 Å². The Labute approximate surface area is 102 Å². The van der Waals surface area contributed by atoms with E-state index < -0.39 is 11.6 Å². The second-order valence-electron chi connectivity index (χ2n) is 3.89. The highest BCUT2D eigenvalue weighted by atomic mass is 32.2. The molecule has 1 aliphatic heterocycles. The summed E-state index contributed by atoms with van der Waals surface area (Å²) < 4.78 is 31.3. The summed E-state index contributed by atoms with van der Waals surface area (Å²) in [4.78, 5) is 11.9. The number of carbonyl (C=O) groups excluding carboxylic acids is 1. The van der Waals surface area contributed by atoms with Gasteiger partial charge in [-0.1, -0.05) is 0 Å². The van der Waals surface area contributed by atoms with E-state index in [4.69, 9.17) is 4.74 Å². The molecule has 1 aliphatic rings. The monoisotopic (exact) mass is 258 g/mol. The summed E-state index contributed by atoms with van der Waals surface area (Å²) in [6.45, 7) is 1.06. The first-order chi connectivity index (χ1) is 8.16. The fourth-order valence-electron chi connectivity index (χ4n) is 1.64. The Hall–Kier alpha value is -0.940. The topological polar surface area (TPSA) is 26.3 Å². The Bertz CT molecular complexity index is 417. The van der Waals surface area contributed by atoms with E-state index in [1.165, 1.54) is 0 Å². The van der Waals surface area contributed by atoms with Crippen molar-refractivity contribution < 1.29 is 18.3 Å². The largest absolute Gasteiger partial charge is 0.381 e. The van der Waals surface area contributed by atoms with Gasteiger partial charge in [0, 0.05) is 17.4 Å². The Kier molecular flexibility index (Phi) is 4.12. The molecule has 0 saturated carbocycles. The predicted molar refractivity (Wildman–Crippen MR) is 61.0 cm³/mol. The summed E-state index contributed by atoms with van der Waals surface area (Å²) in [5.41, 5.74) is 0. The van der Waals surface area contributed by atoms with Crippen LogP contribution in [0.1, 0.15) is 6.42 Å². The maximum absolute atomic E-state index is 13.3. The predicted octanol–water partition coefficient (Wildman–Crippen LogP) is 2.66. The van der Waals surface area contributed by atoms with E-state index >= 15 is 0 Å². The van der Waals surface area contributed by atoms with Gasteiger partial charge in [0.1, 0.15) is 17.4 Å². The van der Waals surface area contributed by atoms with Crippen LogP contribution in [0.15, 0.2) is 23.1 Å². The van der Waals surface area contributed by atoms with E-state index in [0.717, 1.165) is 36.4 Å². The average molecular weight is 258 g/mol. The second kappa shape index (κ2) is 5.60. The third kappa shape index (κ3) is 3.26. The smallest absolute Gasteiger partial charge is 0.148 e. The standard InChI is InChI=1S/C12H12F2O2S/c13-9-1-2-10(14)12(5-9)17-7-11(15)8-3-4-16-6-8/h1-2,5,8H,3-4,6-7H2. The van der Waals surface area contributed by atoms with Gasteiger partial charge < -0.3 is 4.74 Å². The highest BCUT2D eigenvalue weighted by molar-refractivity contribution is 8.00. The molecule has 1 aromatic rings. The van der Waals surface area contributed by atoms with Crippen LogP contribution in [0.4, 0.5) is 8.78 Å². The average Bonchev–Trinajstić information content (AvgIpc) is 2.83. The van der Waals surface area contributed by atoms with Gasteiger partial charge in [0.2, 0.25) is 0 Å². The molecule has 1 saturated heterocycles. The molecule has 92 valence electrons. The Morgan fingerprint density at radius 3 is 3.00 bits per heavy atom. The van der Waals surface area contributed by atoms with Gasteiger partial charge >= 0.3 is 0 Å². The van der Waals surface area contributed by atoms with Gasteiger partial charge in [0.05, 0.1) is 12.4 Å². The van der Waals surface area contributed by atoms with E-state index in [9.17, 15) is 13.6 Å². The first-order valence-electron chi connectivity index (χ1n) is 5.35. The van der Waals surface area contributed by atoms with E-state index in [-0.39, 0.29) is 22.3 Å². The summed E-state index contributed by atoms with van der Waals surface area (Å²) in [5.74, 6) is -0.873. The highest BCUT2D eigenvalue weighted by Gasteiger charge is 2.23. The minimum Gasteiger partial charge on any atom is -0.381 e. The first-order valence-corrected chi connectivity index (χ1v) is 6.33. The lowest BCUT2D eigenvalue weighted by Gasteiger charge is -2.06. The molecule has 2 nitrogen and oxygen atoms in total. The van der Waals surface area contributed by atoms with Gasteiger partial charge in [0.15, 0.2) is 0 Å². The quantitative estimate of drug-likeness (QED) is 0.777. The van der Waals surface area contributed by atoms with Crippen LogP contribution in [0.3, 0.4) is 0 Å². The molecule has 1 aromatic carbocycles. The molecule has 0 aromatic heterocycles. The normalized spacial score (nSPS) is 19.5. The zero-order chi connectivity index (χ0) is 12.3. The number of ketones is 1. The van der Waals surface area contributed by atoms with Crippen molar-refractivity contribution in [3.63, 3.8) is 0 Å². The zero-order valence-electron chi connectivity index (χ0n) is 9.12. The molecule has 1 fully saturated rings. The molecule has 1 unspecified atom stereocenters. The van der Waals surface area contributed by atoms with E-state index in [2.05, 4.69) is 0 Å². The summed E-state index contributed by atoms with van der Waals surface area (Å²) in [6, 6.07) is 3.24. The number of rotatable bonds is 4. The highest BCUT2D eigenvalue weighted by Crippen LogP contribution is 2.24. The summed E-state index contributed by atoms with van der Waals surface area (Å²) in [6.07, 6.45) is 0.727. The van der Waals surface area contributed by atoms with Crippen molar-refractivity contribution in [2.75, 3.05) is 19.0 Å². The third-order valence-electron chi connectivity index (χ3n) is 2.65. The van der Waals surface area contributed by atoms with Gasteiger partial charge in [0.25, 0.3) is 0 Å². The van der Waals surface area contributed by atoms with Crippen molar-refractivity contribution in [1.29, 1.82) is 0 Å². The molecular weight excluding hydrogens is 246 g/mol. The molecule has 1 heterocycles. The fourth-order valence-corrected chi connectivity index (χ4v) is 2.58. The SMILES string of the molecule is O=C(CSc1cc(F)ccc1F)C1CCOC1. The van der Waals surface area contributed by atoms with Crippen molar-refractivity contribution in [2.45, 2.75) is 11.3 Å². The zero-order valence-corrected chi connectivity index (χ0v) is 9.93. The van der Waals surface area contributed by atoms with Crippen LogP contribution in [0.2, 0.25) is 0 Å². The number of halogens is 2. The molecule has 5 heteroatoms. The summed E-state index contributed by atoms with van der Waals surface area (Å²) in [7, 11) is 0. The molecule has 17 heavy (non-hydrogen) atoms. The van der Waals surface area contributed by atoms with Gasteiger partial charge in [-0.3, -0.25) is 4.79 Å². The van der Waals surface area contributed by atoms with Crippen LogP contribution in [0.5, 0.6) is 0 Å². The number of ether oxygens (including phenoxy) is 1. The minimum absolute atomic E-state index is 0.0381. The number of hydrogen-bond donors (Lipinski definition) is 0. The lowest BCUT2D eigenvalue weighted by molar-refractivity contribution is -0.120. The molecule has 0 spiro atoms. The maximum Gasteiger partial charge on any atom is 0.148 e. The summed E-state index contributed by atoms with van der Waals surface area (Å²) >= 11 is 1.04. The minimum atomic E-state index is -0.495. The Morgan fingerprint density at radius 1 is 1.47 bits per heavy atom.